The lowest BCUT2D eigenvalue weighted by Gasteiger charge is -2.31. The maximum absolute atomic E-state index is 12.6. The number of sulfonamides is 1. The number of rotatable bonds is 7. The molecule has 1 saturated heterocycles. The largest absolute Gasteiger partial charge is 0.497 e. The first-order valence-electron chi connectivity index (χ1n) is 8.03. The third-order valence-electron chi connectivity index (χ3n) is 4.29. The number of hydrogen-bond acceptors (Lipinski definition) is 5. The van der Waals surface area contributed by atoms with Crippen molar-refractivity contribution in [2.75, 3.05) is 26.9 Å². The van der Waals surface area contributed by atoms with E-state index in [0.717, 1.165) is 0 Å². The summed E-state index contributed by atoms with van der Waals surface area (Å²) in [6, 6.07) is 4.42. The zero-order valence-corrected chi connectivity index (χ0v) is 15.0. The number of nitrogens with zero attached hydrogens (tertiary/aromatic N) is 1. The molecule has 1 aromatic carbocycles. The van der Waals surface area contributed by atoms with E-state index in [4.69, 9.17) is 9.84 Å². The van der Waals surface area contributed by atoms with Gasteiger partial charge in [-0.05, 0) is 37.1 Å². The normalized spacial score (nSPS) is 17.5. The Labute approximate surface area is 151 Å². The second-order valence-corrected chi connectivity index (χ2v) is 7.85. The molecule has 0 radical (unpaired) electrons. The number of aliphatic carboxylic acids is 1. The van der Waals surface area contributed by atoms with Gasteiger partial charge in [-0.25, -0.2) is 17.6 Å². The Morgan fingerprint density at radius 3 is 2.35 bits per heavy atom. The minimum Gasteiger partial charge on any atom is -0.497 e. The first-order chi connectivity index (χ1) is 12.3. The maximum Gasteiger partial charge on any atom is 0.328 e. The average Bonchev–Trinajstić information content (AvgIpc) is 2.65. The van der Waals surface area contributed by atoms with E-state index in [1.54, 1.807) is 12.1 Å². The number of carboxylic acids is 1. The first kappa shape index (κ1) is 20.1. The Morgan fingerprint density at radius 2 is 1.88 bits per heavy atom. The van der Waals surface area contributed by atoms with Gasteiger partial charge in [-0.3, -0.25) is 4.79 Å². The molecular weight excluding hydrogens is 367 g/mol. The zero-order valence-electron chi connectivity index (χ0n) is 14.2. The number of carboxylic acid groups (broad SMARTS) is 1. The number of ether oxygens (including phenoxy) is 1. The van der Waals surface area contributed by atoms with Crippen LogP contribution in [0.1, 0.15) is 12.8 Å². The van der Waals surface area contributed by atoms with Crippen molar-refractivity contribution in [2.45, 2.75) is 23.8 Å². The smallest absolute Gasteiger partial charge is 0.328 e. The Balaban J connectivity index is 1.98. The third kappa shape index (κ3) is 4.50. The molecule has 2 rings (SSSR count). The summed E-state index contributed by atoms with van der Waals surface area (Å²) in [5, 5.41) is 10.9. The molecule has 1 unspecified atom stereocenters. The number of piperidine rings is 1. The highest BCUT2D eigenvalue weighted by Gasteiger charge is 2.33. The molecule has 8 nitrogen and oxygen atoms in total. The molecule has 1 amide bonds. The number of amides is 1. The van der Waals surface area contributed by atoms with Crippen molar-refractivity contribution in [2.24, 2.45) is 5.92 Å². The zero-order chi connectivity index (χ0) is 19.3. The van der Waals surface area contributed by atoms with Gasteiger partial charge in [0.05, 0.1) is 12.0 Å². The van der Waals surface area contributed by atoms with Crippen molar-refractivity contribution >= 4 is 21.9 Å². The summed E-state index contributed by atoms with van der Waals surface area (Å²) >= 11 is 0. The van der Waals surface area contributed by atoms with E-state index < -0.39 is 40.5 Å². The van der Waals surface area contributed by atoms with Crippen LogP contribution in [-0.2, 0) is 19.6 Å². The van der Waals surface area contributed by atoms with Crippen molar-refractivity contribution in [1.29, 1.82) is 0 Å². The molecule has 10 heteroatoms. The lowest BCUT2D eigenvalue weighted by Crippen LogP contribution is -2.48. The van der Waals surface area contributed by atoms with Gasteiger partial charge in [0.2, 0.25) is 15.9 Å². The summed E-state index contributed by atoms with van der Waals surface area (Å²) in [5.74, 6) is -2.03. The summed E-state index contributed by atoms with van der Waals surface area (Å²) in [7, 11) is -2.20. The molecule has 0 aliphatic carbocycles. The van der Waals surface area contributed by atoms with Gasteiger partial charge in [-0.15, -0.1) is 0 Å². The van der Waals surface area contributed by atoms with E-state index >= 15 is 0 Å². The standard InChI is InChI=1S/C16H21FN2O6S/c1-25-12-2-4-13(5-3-12)26(23,24)19-8-6-11(7-9-19)15(20)18-14(10-17)16(21)22/h2-5,11,14H,6-10H2,1H3,(H,18,20)(H,21,22). The SMILES string of the molecule is COc1ccc(S(=O)(=O)N2CCC(C(=O)NC(CF)C(=O)O)CC2)cc1. The van der Waals surface area contributed by atoms with Gasteiger partial charge < -0.3 is 15.2 Å². The van der Waals surface area contributed by atoms with Crippen LogP contribution in [-0.4, -0.2) is 62.6 Å². The van der Waals surface area contributed by atoms with Crippen LogP contribution in [0.5, 0.6) is 5.75 Å². The molecule has 1 aliphatic heterocycles. The molecule has 0 bridgehead atoms. The Morgan fingerprint density at radius 1 is 1.31 bits per heavy atom. The van der Waals surface area contributed by atoms with Gasteiger partial charge in [0.1, 0.15) is 12.4 Å². The van der Waals surface area contributed by atoms with Crippen molar-refractivity contribution in [3.8, 4) is 5.75 Å². The van der Waals surface area contributed by atoms with Gasteiger partial charge in [0.15, 0.2) is 6.04 Å². The van der Waals surface area contributed by atoms with E-state index in [1.807, 2.05) is 0 Å². The number of carbonyl (C=O) groups is 2. The molecule has 0 saturated carbocycles. The number of carbonyl (C=O) groups excluding carboxylic acids is 1. The van der Waals surface area contributed by atoms with Gasteiger partial charge in [0, 0.05) is 19.0 Å². The second kappa shape index (κ2) is 8.45. The van der Waals surface area contributed by atoms with Gasteiger partial charge in [-0.2, -0.15) is 4.31 Å². The maximum atomic E-state index is 12.6. The molecular formula is C16H21FN2O6S. The molecule has 0 aromatic heterocycles. The molecule has 1 heterocycles. The van der Waals surface area contributed by atoms with E-state index in [0.29, 0.717) is 5.75 Å². The summed E-state index contributed by atoms with van der Waals surface area (Å²) < 4.78 is 44.2. The first-order valence-corrected chi connectivity index (χ1v) is 9.47. The Bertz CT molecular complexity index is 745. The van der Waals surface area contributed by atoms with Crippen LogP contribution in [0.3, 0.4) is 0 Å². The lowest BCUT2D eigenvalue weighted by molar-refractivity contribution is -0.143. The monoisotopic (exact) mass is 388 g/mol. The third-order valence-corrected chi connectivity index (χ3v) is 6.20. The minimum atomic E-state index is -3.69. The van der Waals surface area contributed by atoms with Gasteiger partial charge in [-0.1, -0.05) is 0 Å². The summed E-state index contributed by atoms with van der Waals surface area (Å²) in [6.45, 7) is -0.953. The molecule has 2 N–H and O–H groups in total. The Kier molecular flexibility index (Phi) is 6.54. The van der Waals surface area contributed by atoms with Gasteiger partial charge >= 0.3 is 5.97 Å². The molecule has 26 heavy (non-hydrogen) atoms. The van der Waals surface area contributed by atoms with Crippen LogP contribution in [0, 0.1) is 5.92 Å². The van der Waals surface area contributed by atoms with Crippen molar-refractivity contribution in [3.63, 3.8) is 0 Å². The van der Waals surface area contributed by atoms with Crippen molar-refractivity contribution in [1.82, 2.24) is 9.62 Å². The van der Waals surface area contributed by atoms with E-state index in [9.17, 15) is 22.4 Å². The molecule has 1 aromatic rings. The lowest BCUT2D eigenvalue weighted by atomic mass is 9.97. The number of benzene rings is 1. The Hall–Kier alpha value is -2.20. The fraction of sp³-hybridized carbons (Fsp3) is 0.500. The molecule has 1 aliphatic rings. The van der Waals surface area contributed by atoms with Crippen LogP contribution < -0.4 is 10.1 Å². The molecule has 0 spiro atoms. The number of methoxy groups -OCH3 is 1. The number of alkyl halides is 1. The fourth-order valence-electron chi connectivity index (χ4n) is 2.71. The van der Waals surface area contributed by atoms with E-state index in [-0.39, 0.29) is 30.8 Å². The highest BCUT2D eigenvalue weighted by Crippen LogP contribution is 2.25. The number of hydrogen-bond donors (Lipinski definition) is 2. The summed E-state index contributed by atoms with van der Waals surface area (Å²) in [4.78, 5) is 23.0. The highest BCUT2D eigenvalue weighted by molar-refractivity contribution is 7.89. The van der Waals surface area contributed by atoms with Crippen LogP contribution in [0.4, 0.5) is 4.39 Å². The summed E-state index contributed by atoms with van der Waals surface area (Å²) in [6.07, 6.45) is 0.472. The van der Waals surface area contributed by atoms with Crippen molar-refractivity contribution < 1.29 is 32.2 Å². The highest BCUT2D eigenvalue weighted by atomic mass is 32.2. The van der Waals surface area contributed by atoms with Crippen LogP contribution in [0.15, 0.2) is 29.2 Å². The van der Waals surface area contributed by atoms with Crippen molar-refractivity contribution in [3.05, 3.63) is 24.3 Å². The fourth-order valence-corrected chi connectivity index (χ4v) is 4.18. The minimum absolute atomic E-state index is 0.125. The number of halogens is 1. The van der Waals surface area contributed by atoms with E-state index in [2.05, 4.69) is 5.32 Å². The predicted octanol–water partition coefficient (Wildman–Crippen LogP) is 0.635. The second-order valence-electron chi connectivity index (χ2n) is 5.91. The predicted molar refractivity (Wildman–Crippen MR) is 90.0 cm³/mol. The number of nitrogens with one attached hydrogen (secondary N) is 1. The average molecular weight is 388 g/mol. The topological polar surface area (TPSA) is 113 Å². The van der Waals surface area contributed by atoms with Crippen LogP contribution >= 0.6 is 0 Å². The molecule has 144 valence electrons. The van der Waals surface area contributed by atoms with Crippen LogP contribution in [0.25, 0.3) is 0 Å². The molecule has 1 fully saturated rings. The molecule has 1 atom stereocenters. The quantitative estimate of drug-likeness (QED) is 0.709. The van der Waals surface area contributed by atoms with Gasteiger partial charge in [0.25, 0.3) is 0 Å². The van der Waals surface area contributed by atoms with Crippen LogP contribution in [0.2, 0.25) is 0 Å². The van der Waals surface area contributed by atoms with E-state index in [1.165, 1.54) is 23.5 Å². The summed E-state index contributed by atoms with van der Waals surface area (Å²) in [5.41, 5.74) is 0.